The molecule has 5 rings (SSSR count). The summed E-state index contributed by atoms with van der Waals surface area (Å²) in [6.07, 6.45) is 0. The summed E-state index contributed by atoms with van der Waals surface area (Å²) in [4.78, 5) is 14.2. The number of rotatable bonds is 4. The summed E-state index contributed by atoms with van der Waals surface area (Å²) in [6.45, 7) is 6.57. The number of nitrogens with zero attached hydrogens (tertiary/aromatic N) is 1. The fourth-order valence-electron chi connectivity index (χ4n) is 4.18. The maximum Gasteiger partial charge on any atom is 0.340 e. The van der Waals surface area contributed by atoms with Gasteiger partial charge < -0.3 is 19.2 Å². The molecule has 3 aromatic carbocycles. The van der Waals surface area contributed by atoms with Crippen LogP contribution in [0.25, 0.3) is 33.4 Å². The Morgan fingerprint density at radius 2 is 1.81 bits per heavy atom. The fourth-order valence-corrected chi connectivity index (χ4v) is 4.18. The van der Waals surface area contributed by atoms with Gasteiger partial charge in [-0.1, -0.05) is 30.3 Å². The molecule has 1 aromatic heterocycles. The van der Waals surface area contributed by atoms with Crippen LogP contribution in [-0.2, 0) is 4.74 Å². The monoisotopic (exact) mass is 429 g/mol. The van der Waals surface area contributed by atoms with E-state index in [1.807, 2.05) is 54.3 Å². The number of fused-ring (bicyclic) bond motifs is 1. The summed E-state index contributed by atoms with van der Waals surface area (Å²) >= 11 is 0. The Morgan fingerprint density at radius 1 is 1.09 bits per heavy atom. The number of halogens is 1. The minimum Gasteiger partial charge on any atom is -0.478 e. The van der Waals surface area contributed by atoms with Crippen molar-refractivity contribution < 1.29 is 23.4 Å². The highest BCUT2D eigenvalue weighted by atomic mass is 19.1. The van der Waals surface area contributed by atoms with Gasteiger partial charge in [0.05, 0.1) is 11.7 Å². The first-order chi connectivity index (χ1) is 15.4. The smallest absolute Gasteiger partial charge is 0.340 e. The van der Waals surface area contributed by atoms with Crippen molar-refractivity contribution in [2.45, 2.75) is 13.0 Å². The minimum absolute atomic E-state index is 0.0416. The number of anilines is 1. The molecule has 0 saturated carbocycles. The first-order valence-corrected chi connectivity index (χ1v) is 10.2. The van der Waals surface area contributed by atoms with Gasteiger partial charge in [0.25, 0.3) is 0 Å². The van der Waals surface area contributed by atoms with Crippen LogP contribution in [0.15, 0.2) is 83.6 Å². The van der Waals surface area contributed by atoms with Crippen LogP contribution in [0.2, 0.25) is 0 Å². The summed E-state index contributed by atoms with van der Waals surface area (Å²) in [7, 11) is 0. The third-order valence-electron chi connectivity index (χ3n) is 5.67. The van der Waals surface area contributed by atoms with Gasteiger partial charge in [0.2, 0.25) is 0 Å². The number of benzene rings is 3. The molecule has 1 atom stereocenters. The molecule has 5 nitrogen and oxygen atoms in total. The molecule has 0 radical (unpaired) electrons. The van der Waals surface area contributed by atoms with E-state index in [4.69, 9.17) is 9.15 Å². The quantitative estimate of drug-likeness (QED) is 0.412. The predicted octanol–water partition coefficient (Wildman–Crippen LogP) is 6.30. The number of ether oxygens (including phenoxy) is 1. The molecule has 4 aromatic rings. The number of furan rings is 1. The van der Waals surface area contributed by atoms with E-state index in [1.54, 1.807) is 0 Å². The summed E-state index contributed by atoms with van der Waals surface area (Å²) in [5, 5.41) is 10.5. The van der Waals surface area contributed by atoms with Crippen LogP contribution in [0.1, 0.15) is 17.3 Å². The zero-order valence-electron chi connectivity index (χ0n) is 17.3. The summed E-state index contributed by atoms with van der Waals surface area (Å²) < 4.78 is 25.1. The van der Waals surface area contributed by atoms with E-state index in [0.717, 1.165) is 16.8 Å². The number of hydrogen-bond acceptors (Lipinski definition) is 4. The molecule has 160 valence electrons. The fraction of sp³-hybridized carbons (Fsp3) is 0.115. The lowest BCUT2D eigenvalue weighted by Crippen LogP contribution is -2.26. The van der Waals surface area contributed by atoms with Crippen LogP contribution in [0.3, 0.4) is 0 Å². The highest BCUT2D eigenvalue weighted by Gasteiger charge is 2.30. The highest BCUT2D eigenvalue weighted by molar-refractivity contribution is 6.10. The Kier molecular flexibility index (Phi) is 4.70. The Morgan fingerprint density at radius 3 is 2.44 bits per heavy atom. The van der Waals surface area contributed by atoms with Crippen molar-refractivity contribution in [3.63, 3.8) is 0 Å². The number of carboxylic acid groups (broad SMARTS) is 1. The lowest BCUT2D eigenvalue weighted by atomic mass is 9.98. The second-order valence-electron chi connectivity index (χ2n) is 7.77. The van der Waals surface area contributed by atoms with Gasteiger partial charge in [-0.2, -0.15) is 0 Å². The van der Waals surface area contributed by atoms with Crippen LogP contribution >= 0.6 is 0 Å². The number of carbonyl (C=O) groups is 1. The summed E-state index contributed by atoms with van der Waals surface area (Å²) in [6, 6.07) is 19.0. The van der Waals surface area contributed by atoms with Gasteiger partial charge in [0, 0.05) is 22.6 Å². The van der Waals surface area contributed by atoms with Crippen molar-refractivity contribution in [3.05, 3.63) is 90.6 Å². The topological polar surface area (TPSA) is 62.9 Å². The third kappa shape index (κ3) is 3.21. The van der Waals surface area contributed by atoms with E-state index < -0.39 is 11.8 Å². The van der Waals surface area contributed by atoms with Gasteiger partial charge in [-0.15, -0.1) is 0 Å². The number of hydrogen-bond donors (Lipinski definition) is 1. The van der Waals surface area contributed by atoms with Crippen molar-refractivity contribution in [1.82, 2.24) is 0 Å². The number of aromatic carboxylic acids is 1. The van der Waals surface area contributed by atoms with Gasteiger partial charge in [0.15, 0.2) is 5.88 Å². The van der Waals surface area contributed by atoms with Gasteiger partial charge in [0.1, 0.15) is 29.3 Å². The van der Waals surface area contributed by atoms with E-state index in [-0.39, 0.29) is 17.4 Å². The Hall–Kier alpha value is -4.06. The van der Waals surface area contributed by atoms with Crippen LogP contribution in [-0.4, -0.2) is 23.7 Å². The van der Waals surface area contributed by atoms with Crippen molar-refractivity contribution in [1.29, 1.82) is 0 Å². The lowest BCUT2D eigenvalue weighted by molar-refractivity contribution is 0.0699. The molecule has 1 N–H and O–H groups in total. The van der Waals surface area contributed by atoms with Crippen molar-refractivity contribution in [2.24, 2.45) is 0 Å². The molecule has 1 aliphatic rings. The zero-order chi connectivity index (χ0) is 22.4. The third-order valence-corrected chi connectivity index (χ3v) is 5.67. The van der Waals surface area contributed by atoms with Gasteiger partial charge in [-0.05, 0) is 49.4 Å². The van der Waals surface area contributed by atoms with E-state index >= 15 is 0 Å². The van der Waals surface area contributed by atoms with E-state index in [2.05, 4.69) is 6.58 Å². The largest absolute Gasteiger partial charge is 0.478 e. The molecule has 0 amide bonds. The lowest BCUT2D eigenvalue weighted by Gasteiger charge is -2.24. The molecule has 0 unspecified atom stereocenters. The van der Waals surface area contributed by atoms with Gasteiger partial charge in [-0.25, -0.2) is 9.18 Å². The van der Waals surface area contributed by atoms with Crippen molar-refractivity contribution >= 4 is 22.6 Å². The average Bonchev–Trinajstić information content (AvgIpc) is 3.33. The van der Waals surface area contributed by atoms with Gasteiger partial charge >= 0.3 is 5.97 Å². The SMILES string of the molecule is C=C1OC[C@H](C)N1c1cc2oc(-c3ccc(F)cc3)c(C(=O)O)c2cc1-c1ccccc1. The Bertz CT molecular complexity index is 1340. The van der Waals surface area contributed by atoms with Crippen LogP contribution in [0.4, 0.5) is 10.1 Å². The summed E-state index contributed by atoms with van der Waals surface area (Å²) in [5.74, 6) is -0.806. The minimum atomic E-state index is -1.11. The normalized spacial score (nSPS) is 15.9. The van der Waals surface area contributed by atoms with E-state index in [1.165, 1.54) is 24.3 Å². The maximum atomic E-state index is 13.4. The molecule has 1 saturated heterocycles. The average molecular weight is 429 g/mol. The molecule has 1 aliphatic heterocycles. The molecule has 1 fully saturated rings. The predicted molar refractivity (Wildman–Crippen MR) is 121 cm³/mol. The second-order valence-corrected chi connectivity index (χ2v) is 7.77. The standard InChI is InChI=1S/C26H20FNO4/c1-15-14-31-16(2)28(15)22-13-23-21(12-20(22)17-6-4-3-5-7-17)24(26(29)30)25(32-23)18-8-10-19(27)11-9-18/h3-13,15H,2,14H2,1H3,(H,29,30)/t15-/m0/s1. The number of carboxylic acids is 1. The molecule has 2 heterocycles. The first kappa shape index (κ1) is 19.9. The molecular weight excluding hydrogens is 409 g/mol. The molecule has 0 aliphatic carbocycles. The second kappa shape index (κ2) is 7.57. The van der Waals surface area contributed by atoms with E-state index in [9.17, 15) is 14.3 Å². The zero-order valence-corrected chi connectivity index (χ0v) is 17.3. The molecule has 6 heteroatoms. The van der Waals surface area contributed by atoms with Gasteiger partial charge in [-0.3, -0.25) is 0 Å². The maximum absolute atomic E-state index is 13.4. The molecule has 32 heavy (non-hydrogen) atoms. The van der Waals surface area contributed by atoms with Crippen molar-refractivity contribution in [3.8, 4) is 22.5 Å². The van der Waals surface area contributed by atoms with Crippen molar-refractivity contribution in [2.75, 3.05) is 11.5 Å². The van der Waals surface area contributed by atoms with Crippen LogP contribution in [0, 0.1) is 5.82 Å². The Labute approximate surface area is 184 Å². The highest BCUT2D eigenvalue weighted by Crippen LogP contribution is 2.43. The van der Waals surface area contributed by atoms with E-state index in [0.29, 0.717) is 29.0 Å². The molecule has 0 spiro atoms. The molecule has 0 bridgehead atoms. The van der Waals surface area contributed by atoms with Crippen LogP contribution < -0.4 is 4.90 Å². The Balaban J connectivity index is 1.81. The first-order valence-electron chi connectivity index (χ1n) is 10.2. The molecular formula is C26H20FNO4. The van der Waals surface area contributed by atoms with Crippen LogP contribution in [0.5, 0.6) is 0 Å². The summed E-state index contributed by atoms with van der Waals surface area (Å²) in [5.41, 5.74) is 3.53.